The van der Waals surface area contributed by atoms with Gasteiger partial charge in [0.2, 0.25) is 6.54 Å². The number of halogens is 1. The van der Waals surface area contributed by atoms with Crippen molar-refractivity contribution in [1.82, 2.24) is 4.98 Å². The summed E-state index contributed by atoms with van der Waals surface area (Å²) in [7, 11) is 0. The zero-order valence-electron chi connectivity index (χ0n) is 7.68. The lowest BCUT2D eigenvalue weighted by molar-refractivity contribution is -0.496. The molecule has 76 valence electrons. The quantitative estimate of drug-likeness (QED) is 0.446. The molecule has 5 heteroatoms. The van der Waals surface area contributed by atoms with Crippen LogP contribution in [0.4, 0.5) is 0 Å². The Labute approximate surface area is 90.7 Å². The van der Waals surface area contributed by atoms with Crippen molar-refractivity contribution in [2.45, 2.75) is 6.54 Å². The second-order valence-corrected chi connectivity index (χ2v) is 3.48. The van der Waals surface area contributed by atoms with Crippen molar-refractivity contribution < 1.29 is 4.92 Å². The van der Waals surface area contributed by atoms with Crippen LogP contribution in [-0.2, 0) is 6.54 Å². The summed E-state index contributed by atoms with van der Waals surface area (Å²) < 4.78 is 0. The van der Waals surface area contributed by atoms with Crippen molar-refractivity contribution in [3.63, 3.8) is 0 Å². The average molecular weight is 223 g/mol. The van der Waals surface area contributed by atoms with E-state index in [0.29, 0.717) is 5.56 Å². The van der Waals surface area contributed by atoms with Crippen molar-refractivity contribution >= 4 is 22.5 Å². The highest BCUT2D eigenvalue weighted by Gasteiger charge is 2.09. The van der Waals surface area contributed by atoms with Crippen LogP contribution in [0.1, 0.15) is 5.56 Å². The van der Waals surface area contributed by atoms with Crippen LogP contribution >= 0.6 is 11.6 Å². The van der Waals surface area contributed by atoms with Gasteiger partial charge in [-0.2, -0.15) is 0 Å². The third-order valence-corrected chi connectivity index (χ3v) is 2.38. The molecule has 4 nitrogen and oxygen atoms in total. The maximum Gasteiger partial charge on any atom is 0.231 e. The number of nitro groups is 1. The van der Waals surface area contributed by atoms with E-state index in [1.807, 2.05) is 24.3 Å². The number of hydrogen-bond acceptors (Lipinski definition) is 3. The molecule has 1 aromatic carbocycles. The van der Waals surface area contributed by atoms with Crippen molar-refractivity contribution in [2.75, 3.05) is 0 Å². The molecule has 2 aromatic rings. The second kappa shape index (κ2) is 3.82. The van der Waals surface area contributed by atoms with Crippen LogP contribution in [0.3, 0.4) is 0 Å². The van der Waals surface area contributed by atoms with Crippen molar-refractivity contribution in [3.05, 3.63) is 51.2 Å². The van der Waals surface area contributed by atoms with Gasteiger partial charge in [0.25, 0.3) is 0 Å². The SMILES string of the molecule is O=[N+]([O-])Cc1cc2ccccc2nc1Cl. The molecule has 0 unspecified atom stereocenters. The molecule has 0 aliphatic heterocycles. The molecule has 0 bridgehead atoms. The first-order chi connectivity index (χ1) is 7.16. The highest BCUT2D eigenvalue weighted by Crippen LogP contribution is 2.20. The third-order valence-electron chi connectivity index (χ3n) is 2.05. The summed E-state index contributed by atoms with van der Waals surface area (Å²) in [6.07, 6.45) is 0. The maximum absolute atomic E-state index is 10.4. The van der Waals surface area contributed by atoms with Crippen molar-refractivity contribution in [3.8, 4) is 0 Å². The minimum atomic E-state index is -0.419. The van der Waals surface area contributed by atoms with Crippen molar-refractivity contribution in [1.29, 1.82) is 0 Å². The molecule has 0 aliphatic carbocycles. The Hall–Kier alpha value is -1.68. The molecule has 0 saturated carbocycles. The molecule has 0 N–H and O–H groups in total. The van der Waals surface area contributed by atoms with Gasteiger partial charge in [-0.15, -0.1) is 0 Å². The minimum absolute atomic E-state index is 0.199. The Balaban J connectivity index is 2.56. The van der Waals surface area contributed by atoms with Gasteiger partial charge in [-0.3, -0.25) is 10.1 Å². The van der Waals surface area contributed by atoms with Crippen LogP contribution in [0.5, 0.6) is 0 Å². The van der Waals surface area contributed by atoms with Gasteiger partial charge >= 0.3 is 0 Å². The fraction of sp³-hybridized carbons (Fsp3) is 0.100. The zero-order chi connectivity index (χ0) is 10.8. The van der Waals surface area contributed by atoms with Crippen molar-refractivity contribution in [2.24, 2.45) is 0 Å². The summed E-state index contributed by atoms with van der Waals surface area (Å²) in [5, 5.41) is 11.4. The van der Waals surface area contributed by atoms with E-state index in [-0.39, 0.29) is 11.7 Å². The van der Waals surface area contributed by atoms with Gasteiger partial charge in [0.1, 0.15) is 5.15 Å². The normalized spacial score (nSPS) is 10.5. The number of pyridine rings is 1. The Morgan fingerprint density at radius 3 is 2.87 bits per heavy atom. The number of aromatic nitrogens is 1. The van der Waals surface area contributed by atoms with Gasteiger partial charge < -0.3 is 0 Å². The number of hydrogen-bond donors (Lipinski definition) is 0. The summed E-state index contributed by atoms with van der Waals surface area (Å²) >= 11 is 5.83. The van der Waals surface area contributed by atoms with Gasteiger partial charge in [0, 0.05) is 10.3 Å². The number of rotatable bonds is 2. The predicted molar refractivity (Wildman–Crippen MR) is 57.5 cm³/mol. The molecule has 0 amide bonds. The Morgan fingerprint density at radius 2 is 2.13 bits per heavy atom. The summed E-state index contributed by atoms with van der Waals surface area (Å²) in [6, 6.07) is 9.07. The fourth-order valence-electron chi connectivity index (χ4n) is 1.39. The summed E-state index contributed by atoms with van der Waals surface area (Å²) in [5.74, 6) is 0. The van der Waals surface area contributed by atoms with E-state index in [2.05, 4.69) is 4.98 Å². The first-order valence-corrected chi connectivity index (χ1v) is 4.70. The second-order valence-electron chi connectivity index (χ2n) is 3.12. The van der Waals surface area contributed by atoms with Crippen LogP contribution in [0, 0.1) is 10.1 Å². The molecule has 0 fully saturated rings. The van der Waals surface area contributed by atoms with Gasteiger partial charge in [0.05, 0.1) is 11.1 Å². The lowest BCUT2D eigenvalue weighted by Gasteiger charge is -2.01. The Kier molecular flexibility index (Phi) is 2.51. The first kappa shape index (κ1) is 9.86. The van der Waals surface area contributed by atoms with Gasteiger partial charge in [-0.05, 0) is 12.1 Å². The lowest BCUT2D eigenvalue weighted by atomic mass is 10.1. The summed E-state index contributed by atoms with van der Waals surface area (Å²) in [6.45, 7) is -0.295. The Morgan fingerprint density at radius 1 is 1.40 bits per heavy atom. The predicted octanol–water partition coefficient (Wildman–Crippen LogP) is 2.66. The summed E-state index contributed by atoms with van der Waals surface area (Å²) in [5.41, 5.74) is 1.19. The molecule has 15 heavy (non-hydrogen) atoms. The van der Waals surface area contributed by atoms with E-state index in [4.69, 9.17) is 11.6 Å². The Bertz CT molecular complexity index is 528. The maximum atomic E-state index is 10.4. The number of para-hydroxylation sites is 1. The van der Waals surface area contributed by atoms with E-state index in [1.54, 1.807) is 6.07 Å². The topological polar surface area (TPSA) is 56.0 Å². The summed E-state index contributed by atoms with van der Waals surface area (Å²) in [4.78, 5) is 14.0. The van der Waals surface area contributed by atoms with E-state index in [1.165, 1.54) is 0 Å². The van der Waals surface area contributed by atoms with E-state index in [0.717, 1.165) is 10.9 Å². The zero-order valence-corrected chi connectivity index (χ0v) is 8.44. The van der Waals surface area contributed by atoms with Gasteiger partial charge in [-0.1, -0.05) is 29.8 Å². The highest BCUT2D eigenvalue weighted by atomic mass is 35.5. The number of fused-ring (bicyclic) bond motifs is 1. The number of nitrogens with zero attached hydrogens (tertiary/aromatic N) is 2. The van der Waals surface area contributed by atoms with Crippen LogP contribution < -0.4 is 0 Å². The number of benzene rings is 1. The van der Waals surface area contributed by atoms with Crippen LogP contribution in [0.2, 0.25) is 5.15 Å². The molecule has 0 aliphatic rings. The molecule has 0 atom stereocenters. The molecule has 1 heterocycles. The van der Waals surface area contributed by atoms with E-state index >= 15 is 0 Å². The van der Waals surface area contributed by atoms with E-state index < -0.39 is 4.92 Å². The average Bonchev–Trinajstić information content (AvgIpc) is 2.18. The first-order valence-electron chi connectivity index (χ1n) is 4.33. The van der Waals surface area contributed by atoms with E-state index in [9.17, 15) is 10.1 Å². The lowest BCUT2D eigenvalue weighted by Crippen LogP contribution is -2.00. The standard InChI is InChI=1S/C10H7ClN2O2/c11-10-8(6-13(14)15)5-7-3-1-2-4-9(7)12-10/h1-5H,6H2. The monoisotopic (exact) mass is 222 g/mol. The van der Waals surface area contributed by atoms with Gasteiger partial charge in [-0.25, -0.2) is 4.98 Å². The van der Waals surface area contributed by atoms with Crippen LogP contribution in [0.15, 0.2) is 30.3 Å². The van der Waals surface area contributed by atoms with Crippen LogP contribution in [0.25, 0.3) is 10.9 Å². The minimum Gasteiger partial charge on any atom is -0.264 e. The third kappa shape index (κ3) is 2.05. The molecule has 0 radical (unpaired) electrons. The smallest absolute Gasteiger partial charge is 0.231 e. The fourth-order valence-corrected chi connectivity index (χ4v) is 1.59. The molecular weight excluding hydrogens is 216 g/mol. The van der Waals surface area contributed by atoms with Crippen LogP contribution in [-0.4, -0.2) is 9.91 Å². The molecule has 2 rings (SSSR count). The van der Waals surface area contributed by atoms with Gasteiger partial charge in [0.15, 0.2) is 0 Å². The molecular formula is C10H7ClN2O2. The molecule has 0 spiro atoms. The molecule has 1 aromatic heterocycles. The largest absolute Gasteiger partial charge is 0.264 e. The molecule has 0 saturated heterocycles. The highest BCUT2D eigenvalue weighted by molar-refractivity contribution is 6.30.